The van der Waals surface area contributed by atoms with Crippen molar-refractivity contribution in [2.75, 3.05) is 10.0 Å². The first-order chi connectivity index (χ1) is 13.2. The lowest BCUT2D eigenvalue weighted by molar-refractivity contribution is 0.101. The van der Waals surface area contributed by atoms with Gasteiger partial charge in [0.25, 0.3) is 10.0 Å². The second kappa shape index (κ2) is 7.82. The number of hydrogen-bond donors (Lipinski definition) is 2. The highest BCUT2D eigenvalue weighted by Crippen LogP contribution is 2.22. The molecule has 0 aliphatic heterocycles. The molecule has 1 aromatic heterocycles. The molecule has 2 N–H and O–H groups in total. The molecule has 0 atom stereocenters. The summed E-state index contributed by atoms with van der Waals surface area (Å²) in [5.41, 5.74) is 3.38. The number of anilines is 3. The van der Waals surface area contributed by atoms with Gasteiger partial charge in [0, 0.05) is 11.3 Å². The number of carbonyl (C=O) groups is 1. The molecule has 0 aliphatic rings. The Morgan fingerprint density at radius 1 is 0.964 bits per heavy atom. The van der Waals surface area contributed by atoms with Gasteiger partial charge in [0.2, 0.25) is 0 Å². The second-order valence-electron chi connectivity index (χ2n) is 6.57. The molecule has 0 unspecified atom stereocenters. The molecule has 0 spiro atoms. The van der Waals surface area contributed by atoms with E-state index in [0.29, 0.717) is 22.6 Å². The van der Waals surface area contributed by atoms with E-state index in [1.165, 1.54) is 13.1 Å². The highest BCUT2D eigenvalue weighted by molar-refractivity contribution is 7.92. The number of sulfonamides is 1. The van der Waals surface area contributed by atoms with Crippen LogP contribution in [0.3, 0.4) is 0 Å². The molecule has 2 aromatic carbocycles. The lowest BCUT2D eigenvalue weighted by Crippen LogP contribution is -2.14. The first-order valence-corrected chi connectivity index (χ1v) is 10.2. The van der Waals surface area contributed by atoms with Gasteiger partial charge in [-0.25, -0.2) is 13.4 Å². The van der Waals surface area contributed by atoms with Crippen LogP contribution < -0.4 is 10.0 Å². The summed E-state index contributed by atoms with van der Waals surface area (Å²) in [4.78, 5) is 16.0. The van der Waals surface area contributed by atoms with Crippen LogP contribution in [-0.4, -0.2) is 19.2 Å². The number of benzene rings is 2. The molecule has 0 radical (unpaired) electrons. The molecule has 0 aliphatic carbocycles. The Labute approximate surface area is 164 Å². The van der Waals surface area contributed by atoms with Crippen molar-refractivity contribution in [3.63, 3.8) is 0 Å². The molecular weight excluding hydrogens is 374 g/mol. The summed E-state index contributed by atoms with van der Waals surface area (Å²) < 4.78 is 27.8. The summed E-state index contributed by atoms with van der Waals surface area (Å²) in [6, 6.07) is 15.6. The number of hydrogen-bond acceptors (Lipinski definition) is 5. The van der Waals surface area contributed by atoms with Gasteiger partial charge >= 0.3 is 0 Å². The van der Waals surface area contributed by atoms with Gasteiger partial charge in [0.05, 0.1) is 16.8 Å². The second-order valence-corrected chi connectivity index (χ2v) is 8.22. The highest BCUT2D eigenvalue weighted by Gasteiger charge is 2.17. The molecule has 28 heavy (non-hydrogen) atoms. The van der Waals surface area contributed by atoms with Crippen LogP contribution in [0, 0.1) is 13.8 Å². The number of carbonyl (C=O) groups excluding carboxylic acids is 1. The van der Waals surface area contributed by atoms with Crippen LogP contribution in [0.25, 0.3) is 0 Å². The summed E-state index contributed by atoms with van der Waals surface area (Å²) in [6.07, 6.45) is 1.44. The fourth-order valence-corrected chi connectivity index (χ4v) is 4.07. The Balaban J connectivity index is 1.75. The maximum atomic E-state index is 12.6. The molecule has 3 aromatic rings. The van der Waals surface area contributed by atoms with Crippen molar-refractivity contribution in [1.82, 2.24) is 4.98 Å². The van der Waals surface area contributed by atoms with Crippen LogP contribution in [0.2, 0.25) is 0 Å². The SMILES string of the molecule is CC(=O)c1cccc(Nc2ccc(NS(=O)(=O)c3ccc(C)cc3C)cn2)c1. The predicted octanol–water partition coefficient (Wildman–Crippen LogP) is 4.45. The molecule has 0 saturated heterocycles. The van der Waals surface area contributed by atoms with Crippen molar-refractivity contribution in [2.45, 2.75) is 25.7 Å². The highest BCUT2D eigenvalue weighted by atomic mass is 32.2. The zero-order valence-electron chi connectivity index (χ0n) is 15.9. The molecule has 3 rings (SSSR count). The zero-order chi connectivity index (χ0) is 20.3. The third-order valence-corrected chi connectivity index (χ3v) is 5.72. The average Bonchev–Trinajstić information content (AvgIpc) is 2.63. The van der Waals surface area contributed by atoms with Crippen molar-refractivity contribution in [3.8, 4) is 0 Å². The summed E-state index contributed by atoms with van der Waals surface area (Å²) in [7, 11) is -3.70. The number of aromatic nitrogens is 1. The minimum absolute atomic E-state index is 0.0206. The summed E-state index contributed by atoms with van der Waals surface area (Å²) in [5.74, 6) is 0.517. The lowest BCUT2D eigenvalue weighted by Gasteiger charge is -2.12. The fraction of sp³-hybridized carbons (Fsp3) is 0.143. The van der Waals surface area contributed by atoms with Crippen LogP contribution in [0.5, 0.6) is 0 Å². The number of aryl methyl sites for hydroxylation is 2. The van der Waals surface area contributed by atoms with Crippen molar-refractivity contribution in [1.29, 1.82) is 0 Å². The third kappa shape index (κ3) is 4.55. The molecule has 0 saturated carbocycles. The fourth-order valence-electron chi connectivity index (χ4n) is 2.80. The van der Waals surface area contributed by atoms with Gasteiger partial charge in [-0.15, -0.1) is 0 Å². The number of Topliss-reactive ketones (excluding diaryl/α,β-unsaturated/α-hetero) is 1. The maximum absolute atomic E-state index is 12.6. The minimum atomic E-state index is -3.70. The van der Waals surface area contributed by atoms with Crippen LogP contribution in [0.15, 0.2) is 65.7 Å². The number of nitrogens with one attached hydrogen (secondary N) is 2. The molecule has 144 valence electrons. The topological polar surface area (TPSA) is 88.2 Å². The smallest absolute Gasteiger partial charge is 0.262 e. The minimum Gasteiger partial charge on any atom is -0.340 e. The molecule has 0 amide bonds. The van der Waals surface area contributed by atoms with Gasteiger partial charge in [-0.3, -0.25) is 9.52 Å². The van der Waals surface area contributed by atoms with Gasteiger partial charge in [-0.1, -0.05) is 29.8 Å². The van der Waals surface area contributed by atoms with Gasteiger partial charge in [-0.05, 0) is 56.7 Å². The third-order valence-electron chi connectivity index (χ3n) is 4.18. The Morgan fingerprint density at radius 3 is 2.39 bits per heavy atom. The van der Waals surface area contributed by atoms with Crippen molar-refractivity contribution in [2.24, 2.45) is 0 Å². The Bertz CT molecular complexity index is 1120. The number of pyridine rings is 1. The van der Waals surface area contributed by atoms with Crippen molar-refractivity contribution < 1.29 is 13.2 Å². The zero-order valence-corrected chi connectivity index (χ0v) is 16.7. The van der Waals surface area contributed by atoms with Gasteiger partial charge in [0.1, 0.15) is 5.82 Å². The van der Waals surface area contributed by atoms with E-state index in [0.717, 1.165) is 11.3 Å². The Hall–Kier alpha value is -3.19. The van der Waals surface area contributed by atoms with E-state index in [9.17, 15) is 13.2 Å². The van der Waals surface area contributed by atoms with Crippen LogP contribution in [0.1, 0.15) is 28.4 Å². The van der Waals surface area contributed by atoms with E-state index in [4.69, 9.17) is 0 Å². The standard InChI is InChI=1S/C21H21N3O3S/c1-14-7-9-20(15(2)11-14)28(26,27)24-19-8-10-21(22-13-19)23-18-6-4-5-17(12-18)16(3)25/h4-13,24H,1-3H3,(H,22,23). The van der Waals surface area contributed by atoms with E-state index in [-0.39, 0.29) is 10.7 Å². The molecule has 0 bridgehead atoms. The van der Waals surface area contributed by atoms with Crippen molar-refractivity contribution in [3.05, 3.63) is 77.5 Å². The number of ketones is 1. The average molecular weight is 395 g/mol. The molecular formula is C21H21N3O3S. The van der Waals surface area contributed by atoms with E-state index in [2.05, 4.69) is 15.0 Å². The lowest BCUT2D eigenvalue weighted by atomic mass is 10.1. The number of nitrogens with zero attached hydrogens (tertiary/aromatic N) is 1. The Morgan fingerprint density at radius 2 is 1.75 bits per heavy atom. The van der Waals surface area contributed by atoms with E-state index in [1.807, 2.05) is 19.1 Å². The van der Waals surface area contributed by atoms with Gasteiger partial charge < -0.3 is 5.32 Å². The van der Waals surface area contributed by atoms with E-state index in [1.54, 1.807) is 49.4 Å². The normalized spacial score (nSPS) is 11.1. The first kappa shape index (κ1) is 19.6. The quantitative estimate of drug-likeness (QED) is 0.602. The van der Waals surface area contributed by atoms with Crippen LogP contribution >= 0.6 is 0 Å². The first-order valence-electron chi connectivity index (χ1n) is 8.69. The largest absolute Gasteiger partial charge is 0.340 e. The monoisotopic (exact) mass is 395 g/mol. The Kier molecular flexibility index (Phi) is 5.46. The predicted molar refractivity (Wildman–Crippen MR) is 111 cm³/mol. The summed E-state index contributed by atoms with van der Waals surface area (Å²) in [6.45, 7) is 5.19. The van der Waals surface area contributed by atoms with Gasteiger partial charge in [0.15, 0.2) is 5.78 Å². The summed E-state index contributed by atoms with van der Waals surface area (Å²) >= 11 is 0. The van der Waals surface area contributed by atoms with E-state index >= 15 is 0 Å². The van der Waals surface area contributed by atoms with Gasteiger partial charge in [-0.2, -0.15) is 0 Å². The van der Waals surface area contributed by atoms with E-state index < -0.39 is 10.0 Å². The van der Waals surface area contributed by atoms with Crippen LogP contribution in [-0.2, 0) is 10.0 Å². The molecule has 7 heteroatoms. The maximum Gasteiger partial charge on any atom is 0.262 e. The number of rotatable bonds is 6. The van der Waals surface area contributed by atoms with Crippen molar-refractivity contribution >= 4 is 33.0 Å². The molecule has 0 fully saturated rings. The van der Waals surface area contributed by atoms with Crippen LogP contribution in [0.4, 0.5) is 17.2 Å². The molecule has 1 heterocycles. The molecule has 6 nitrogen and oxygen atoms in total. The summed E-state index contributed by atoms with van der Waals surface area (Å²) in [5, 5.41) is 3.10.